The number of carbonyl (C=O) groups excluding carboxylic acids is 1. The number of benzene rings is 2. The first kappa shape index (κ1) is 20.2. The van der Waals surface area contributed by atoms with Crippen molar-refractivity contribution < 1.29 is 4.79 Å². The van der Waals surface area contributed by atoms with Gasteiger partial charge in [0.25, 0.3) is 5.56 Å². The maximum Gasteiger partial charge on any atom is 0.271 e. The van der Waals surface area contributed by atoms with Crippen molar-refractivity contribution in [1.82, 2.24) is 15.1 Å². The van der Waals surface area contributed by atoms with Crippen LogP contribution in [0.25, 0.3) is 5.69 Å². The van der Waals surface area contributed by atoms with Crippen molar-refractivity contribution in [2.75, 3.05) is 0 Å². The number of rotatable bonds is 6. The van der Waals surface area contributed by atoms with E-state index in [0.717, 1.165) is 11.1 Å². The van der Waals surface area contributed by atoms with Crippen LogP contribution in [0.15, 0.2) is 70.5 Å². The van der Waals surface area contributed by atoms with E-state index in [1.165, 1.54) is 22.5 Å². The van der Waals surface area contributed by atoms with E-state index in [-0.39, 0.29) is 16.7 Å². The van der Waals surface area contributed by atoms with Gasteiger partial charge in [0.2, 0.25) is 5.91 Å². The smallest absolute Gasteiger partial charge is 0.271 e. The molecule has 1 aromatic heterocycles. The number of hydrogen-bond donors (Lipinski definition) is 1. The van der Waals surface area contributed by atoms with Crippen LogP contribution in [0.1, 0.15) is 18.1 Å². The van der Waals surface area contributed by atoms with Gasteiger partial charge in [0.1, 0.15) is 5.03 Å². The summed E-state index contributed by atoms with van der Waals surface area (Å²) in [4.78, 5) is 24.6. The molecule has 0 radical (unpaired) electrons. The third kappa shape index (κ3) is 5.03. The lowest BCUT2D eigenvalue weighted by Crippen LogP contribution is -2.30. The highest BCUT2D eigenvalue weighted by Gasteiger charge is 2.16. The van der Waals surface area contributed by atoms with Crippen LogP contribution in [0.5, 0.6) is 0 Å². The number of aromatic nitrogens is 2. The number of amides is 1. The highest BCUT2D eigenvalue weighted by Crippen LogP contribution is 2.21. The molecule has 0 aliphatic carbocycles. The maximum atomic E-state index is 12.4. The Labute approximate surface area is 172 Å². The van der Waals surface area contributed by atoms with Crippen molar-refractivity contribution >= 4 is 29.3 Å². The van der Waals surface area contributed by atoms with Crippen LogP contribution in [-0.2, 0) is 11.3 Å². The van der Waals surface area contributed by atoms with E-state index in [1.807, 2.05) is 49.4 Å². The lowest BCUT2D eigenvalue weighted by atomic mass is 10.2. The monoisotopic (exact) mass is 413 g/mol. The standard InChI is InChI=1S/C21H20ClN3O2S/c1-14-7-9-17(10-8-14)25-20(26)12-11-19(24-25)28-15(2)21(27)23-13-16-5-3-4-6-18(16)22/h3-12,15H,13H2,1-2H3,(H,23,27)/t15-/m0/s1. The van der Waals surface area contributed by atoms with Crippen molar-refractivity contribution in [2.45, 2.75) is 30.7 Å². The number of halogens is 1. The van der Waals surface area contributed by atoms with Gasteiger partial charge in [-0.25, -0.2) is 0 Å². The highest BCUT2D eigenvalue weighted by atomic mass is 35.5. The fraction of sp³-hybridized carbons (Fsp3) is 0.190. The average molecular weight is 414 g/mol. The molecule has 0 unspecified atom stereocenters. The van der Waals surface area contributed by atoms with E-state index in [4.69, 9.17) is 11.6 Å². The Morgan fingerprint density at radius 2 is 1.86 bits per heavy atom. The second-order valence-corrected chi connectivity index (χ2v) is 8.09. The molecule has 28 heavy (non-hydrogen) atoms. The van der Waals surface area contributed by atoms with Gasteiger partial charge in [-0.05, 0) is 43.7 Å². The van der Waals surface area contributed by atoms with E-state index >= 15 is 0 Å². The van der Waals surface area contributed by atoms with Crippen molar-refractivity contribution in [3.63, 3.8) is 0 Å². The molecule has 0 spiro atoms. The summed E-state index contributed by atoms with van der Waals surface area (Å²) in [5.74, 6) is -0.125. The highest BCUT2D eigenvalue weighted by molar-refractivity contribution is 8.00. The van der Waals surface area contributed by atoms with E-state index in [2.05, 4.69) is 10.4 Å². The molecule has 1 amide bonds. The molecule has 0 aliphatic rings. The van der Waals surface area contributed by atoms with Crippen LogP contribution in [0.3, 0.4) is 0 Å². The normalized spacial score (nSPS) is 11.8. The summed E-state index contributed by atoms with van der Waals surface area (Å²) in [6.07, 6.45) is 0. The molecule has 5 nitrogen and oxygen atoms in total. The predicted octanol–water partition coefficient (Wildman–Crippen LogP) is 3.99. The van der Waals surface area contributed by atoms with E-state index in [1.54, 1.807) is 19.1 Å². The summed E-state index contributed by atoms with van der Waals surface area (Å²) in [5, 5.41) is 8.12. The molecule has 2 aromatic carbocycles. The van der Waals surface area contributed by atoms with Crippen LogP contribution in [-0.4, -0.2) is 20.9 Å². The minimum atomic E-state index is -0.376. The van der Waals surface area contributed by atoms with Crippen molar-refractivity contribution in [3.8, 4) is 5.69 Å². The van der Waals surface area contributed by atoms with Crippen LogP contribution in [0, 0.1) is 6.92 Å². The minimum Gasteiger partial charge on any atom is -0.351 e. The molecule has 0 saturated heterocycles. The molecule has 0 fully saturated rings. The third-order valence-electron chi connectivity index (χ3n) is 4.13. The Morgan fingerprint density at radius 3 is 2.57 bits per heavy atom. The minimum absolute atomic E-state index is 0.125. The maximum absolute atomic E-state index is 12.4. The van der Waals surface area contributed by atoms with Crippen LogP contribution in [0.4, 0.5) is 0 Å². The molecule has 1 N–H and O–H groups in total. The van der Waals surface area contributed by atoms with Crippen molar-refractivity contribution in [3.05, 3.63) is 87.2 Å². The Balaban J connectivity index is 1.68. The van der Waals surface area contributed by atoms with Crippen LogP contribution >= 0.6 is 23.4 Å². The summed E-state index contributed by atoms with van der Waals surface area (Å²) in [6.45, 7) is 4.14. The van der Waals surface area contributed by atoms with Crippen LogP contribution < -0.4 is 10.9 Å². The fourth-order valence-electron chi connectivity index (χ4n) is 2.53. The molecular formula is C21H20ClN3O2S. The van der Waals surface area contributed by atoms with Gasteiger partial charge in [-0.15, -0.1) is 0 Å². The topological polar surface area (TPSA) is 64.0 Å². The molecule has 3 rings (SSSR count). The molecule has 0 saturated carbocycles. The second-order valence-electron chi connectivity index (χ2n) is 6.33. The van der Waals surface area contributed by atoms with Crippen molar-refractivity contribution in [1.29, 1.82) is 0 Å². The average Bonchev–Trinajstić information content (AvgIpc) is 2.69. The van der Waals surface area contributed by atoms with Crippen LogP contribution in [0.2, 0.25) is 5.02 Å². The fourth-order valence-corrected chi connectivity index (χ4v) is 3.56. The number of thioether (sulfide) groups is 1. The molecule has 0 aliphatic heterocycles. The predicted molar refractivity (Wildman–Crippen MR) is 113 cm³/mol. The summed E-state index contributed by atoms with van der Waals surface area (Å²) >= 11 is 7.41. The Hall–Kier alpha value is -2.57. The number of nitrogens with one attached hydrogen (secondary N) is 1. The molecule has 1 atom stereocenters. The molecule has 144 valence electrons. The first-order chi connectivity index (χ1) is 13.4. The lowest BCUT2D eigenvalue weighted by molar-refractivity contribution is -0.120. The van der Waals surface area contributed by atoms with Gasteiger partial charge in [-0.3, -0.25) is 9.59 Å². The molecule has 0 bridgehead atoms. The van der Waals surface area contributed by atoms with Gasteiger partial charge < -0.3 is 5.32 Å². The first-order valence-electron chi connectivity index (χ1n) is 8.79. The number of carbonyl (C=O) groups is 1. The summed E-state index contributed by atoms with van der Waals surface area (Å²) < 4.78 is 1.34. The zero-order chi connectivity index (χ0) is 20.1. The zero-order valence-corrected chi connectivity index (χ0v) is 17.1. The largest absolute Gasteiger partial charge is 0.351 e. The lowest BCUT2D eigenvalue weighted by Gasteiger charge is -2.13. The SMILES string of the molecule is Cc1ccc(-n2nc(S[C@@H](C)C(=O)NCc3ccccc3Cl)ccc2=O)cc1. The van der Waals surface area contributed by atoms with Crippen molar-refractivity contribution in [2.24, 2.45) is 0 Å². The van der Waals surface area contributed by atoms with Gasteiger partial charge in [0.15, 0.2) is 0 Å². The van der Waals surface area contributed by atoms with Gasteiger partial charge in [-0.2, -0.15) is 9.78 Å². The zero-order valence-electron chi connectivity index (χ0n) is 15.6. The third-order valence-corrected chi connectivity index (χ3v) is 5.53. The van der Waals surface area contributed by atoms with E-state index in [9.17, 15) is 9.59 Å². The summed E-state index contributed by atoms with van der Waals surface area (Å²) in [6, 6.07) is 18.0. The van der Waals surface area contributed by atoms with Gasteiger partial charge in [0.05, 0.1) is 10.9 Å². The van der Waals surface area contributed by atoms with Gasteiger partial charge >= 0.3 is 0 Å². The molecule has 1 heterocycles. The van der Waals surface area contributed by atoms with E-state index in [0.29, 0.717) is 22.3 Å². The second kappa shape index (κ2) is 9.08. The number of aryl methyl sites for hydroxylation is 1. The van der Waals surface area contributed by atoms with Gasteiger partial charge in [0, 0.05) is 17.6 Å². The number of hydrogen-bond acceptors (Lipinski definition) is 4. The Bertz CT molecular complexity index is 1030. The molecular weight excluding hydrogens is 394 g/mol. The Morgan fingerprint density at radius 1 is 1.14 bits per heavy atom. The van der Waals surface area contributed by atoms with E-state index < -0.39 is 0 Å². The summed E-state index contributed by atoms with van der Waals surface area (Å²) in [7, 11) is 0. The first-order valence-corrected chi connectivity index (χ1v) is 10.0. The molecule has 7 heteroatoms. The quantitative estimate of drug-likeness (QED) is 0.620. The van der Waals surface area contributed by atoms with Gasteiger partial charge in [-0.1, -0.05) is 59.3 Å². The number of nitrogens with zero attached hydrogens (tertiary/aromatic N) is 2. The summed E-state index contributed by atoms with van der Waals surface area (Å²) in [5.41, 5.74) is 2.44. The molecule has 3 aromatic rings. The Kier molecular flexibility index (Phi) is 6.54.